The average Bonchev–Trinajstić information content (AvgIpc) is 3.02. The molecule has 0 N–H and O–H groups in total. The van der Waals surface area contributed by atoms with Crippen molar-refractivity contribution in [1.82, 2.24) is 4.98 Å². The Morgan fingerprint density at radius 1 is 1.28 bits per heavy atom. The zero-order chi connectivity index (χ0) is 13.3. The predicted octanol–water partition coefficient (Wildman–Crippen LogP) is 3.71. The quantitative estimate of drug-likeness (QED) is 0.815. The van der Waals surface area contributed by atoms with E-state index in [-0.39, 0.29) is 11.5 Å². The Hall–Kier alpha value is -1.25. The van der Waals surface area contributed by atoms with Gasteiger partial charge in [0.1, 0.15) is 0 Å². The molecule has 0 saturated heterocycles. The topological polar surface area (TPSA) is 31.4 Å². The Balaban J connectivity index is 2.28. The van der Waals surface area contributed by atoms with Crippen LogP contribution in [-0.4, -0.2) is 17.2 Å². The van der Waals surface area contributed by atoms with Gasteiger partial charge in [0.2, 0.25) is 0 Å². The van der Waals surface area contributed by atoms with E-state index in [9.17, 15) is 0 Å². The van der Waals surface area contributed by atoms with Crippen molar-refractivity contribution >= 4 is 0 Å². The van der Waals surface area contributed by atoms with Crippen molar-refractivity contribution in [3.8, 4) is 11.6 Å². The lowest BCUT2D eigenvalue weighted by atomic mass is 9.88. The Morgan fingerprint density at radius 3 is 2.44 bits per heavy atom. The molecule has 0 unspecified atom stereocenters. The SMILES string of the molecule is CC(C)Oc1ncc(C(C)(C)C)cc1OC1CC1. The van der Waals surface area contributed by atoms with Crippen molar-refractivity contribution in [2.24, 2.45) is 0 Å². The first kappa shape index (κ1) is 13.2. The summed E-state index contributed by atoms with van der Waals surface area (Å²) in [6.45, 7) is 10.5. The molecule has 0 atom stereocenters. The lowest BCUT2D eigenvalue weighted by Crippen LogP contribution is -2.14. The van der Waals surface area contributed by atoms with E-state index >= 15 is 0 Å². The molecule has 1 aliphatic rings. The highest BCUT2D eigenvalue weighted by Gasteiger charge is 2.27. The number of rotatable bonds is 4. The van der Waals surface area contributed by atoms with E-state index in [0.717, 1.165) is 18.6 Å². The van der Waals surface area contributed by atoms with E-state index < -0.39 is 0 Å². The molecule has 0 radical (unpaired) electrons. The largest absolute Gasteiger partial charge is 0.485 e. The summed E-state index contributed by atoms with van der Waals surface area (Å²) in [6, 6.07) is 2.07. The predicted molar refractivity (Wildman–Crippen MR) is 72.4 cm³/mol. The van der Waals surface area contributed by atoms with Crippen LogP contribution in [0.15, 0.2) is 12.3 Å². The van der Waals surface area contributed by atoms with Crippen LogP contribution in [0.5, 0.6) is 11.6 Å². The fraction of sp³-hybridized carbons (Fsp3) is 0.667. The maximum absolute atomic E-state index is 5.91. The molecule has 100 valence electrons. The van der Waals surface area contributed by atoms with Gasteiger partial charge in [-0.15, -0.1) is 0 Å². The fourth-order valence-electron chi connectivity index (χ4n) is 1.60. The van der Waals surface area contributed by atoms with Crippen molar-refractivity contribution < 1.29 is 9.47 Å². The molecular formula is C15H23NO2. The molecule has 3 heteroatoms. The molecule has 0 bridgehead atoms. The maximum Gasteiger partial charge on any atom is 0.257 e. The third kappa shape index (κ3) is 3.37. The number of hydrogen-bond acceptors (Lipinski definition) is 3. The van der Waals surface area contributed by atoms with Gasteiger partial charge in [0, 0.05) is 6.20 Å². The summed E-state index contributed by atoms with van der Waals surface area (Å²) in [7, 11) is 0. The van der Waals surface area contributed by atoms with E-state index in [0.29, 0.717) is 12.0 Å². The monoisotopic (exact) mass is 249 g/mol. The van der Waals surface area contributed by atoms with Gasteiger partial charge in [-0.2, -0.15) is 0 Å². The van der Waals surface area contributed by atoms with Crippen LogP contribution in [0.2, 0.25) is 0 Å². The van der Waals surface area contributed by atoms with E-state index in [2.05, 4.69) is 31.8 Å². The summed E-state index contributed by atoms with van der Waals surface area (Å²) < 4.78 is 11.6. The summed E-state index contributed by atoms with van der Waals surface area (Å²) in [6.07, 6.45) is 4.63. The smallest absolute Gasteiger partial charge is 0.257 e. The molecule has 0 spiro atoms. The molecule has 0 amide bonds. The maximum atomic E-state index is 5.91. The molecule has 1 fully saturated rings. The normalized spacial score (nSPS) is 15.9. The van der Waals surface area contributed by atoms with Crippen LogP contribution < -0.4 is 9.47 Å². The molecular weight excluding hydrogens is 226 g/mol. The highest BCUT2D eigenvalue weighted by molar-refractivity contribution is 5.39. The van der Waals surface area contributed by atoms with Gasteiger partial charge in [0.25, 0.3) is 5.88 Å². The Kier molecular flexibility index (Phi) is 3.51. The van der Waals surface area contributed by atoms with Gasteiger partial charge in [0.05, 0.1) is 12.2 Å². The highest BCUT2D eigenvalue weighted by Crippen LogP contribution is 2.35. The molecule has 2 rings (SSSR count). The molecule has 1 aromatic heterocycles. The Bertz CT molecular complexity index is 417. The van der Waals surface area contributed by atoms with Gasteiger partial charge in [-0.3, -0.25) is 0 Å². The van der Waals surface area contributed by atoms with Crippen molar-refractivity contribution in [1.29, 1.82) is 0 Å². The first-order valence-corrected chi connectivity index (χ1v) is 6.70. The number of aromatic nitrogens is 1. The van der Waals surface area contributed by atoms with Gasteiger partial charge in [0.15, 0.2) is 5.75 Å². The van der Waals surface area contributed by atoms with Crippen LogP contribution in [0.1, 0.15) is 53.0 Å². The second kappa shape index (κ2) is 4.79. The summed E-state index contributed by atoms with van der Waals surface area (Å²) in [4.78, 5) is 4.42. The van der Waals surface area contributed by atoms with Crippen LogP contribution in [0.4, 0.5) is 0 Å². The lowest BCUT2D eigenvalue weighted by molar-refractivity contribution is 0.208. The number of ether oxygens (including phenoxy) is 2. The minimum absolute atomic E-state index is 0.0744. The first-order chi connectivity index (χ1) is 8.36. The summed E-state index contributed by atoms with van der Waals surface area (Å²) in [5.41, 5.74) is 1.25. The molecule has 3 nitrogen and oxygen atoms in total. The van der Waals surface area contributed by atoms with Crippen LogP contribution in [-0.2, 0) is 5.41 Å². The highest BCUT2D eigenvalue weighted by atomic mass is 16.5. The van der Waals surface area contributed by atoms with Gasteiger partial charge in [-0.05, 0) is 43.7 Å². The lowest BCUT2D eigenvalue weighted by Gasteiger charge is -2.21. The van der Waals surface area contributed by atoms with Crippen LogP contribution in [0.3, 0.4) is 0 Å². The summed E-state index contributed by atoms with van der Waals surface area (Å²) in [5, 5.41) is 0. The molecule has 1 aromatic rings. The van der Waals surface area contributed by atoms with Crippen LogP contribution in [0, 0.1) is 0 Å². The van der Waals surface area contributed by atoms with Gasteiger partial charge in [-0.25, -0.2) is 4.98 Å². The van der Waals surface area contributed by atoms with Crippen LogP contribution in [0.25, 0.3) is 0 Å². The summed E-state index contributed by atoms with van der Waals surface area (Å²) in [5.74, 6) is 1.41. The minimum atomic E-state index is 0.0744. The molecule has 0 aliphatic heterocycles. The van der Waals surface area contributed by atoms with Gasteiger partial charge >= 0.3 is 0 Å². The van der Waals surface area contributed by atoms with Gasteiger partial charge in [-0.1, -0.05) is 20.8 Å². The molecule has 18 heavy (non-hydrogen) atoms. The third-order valence-corrected chi connectivity index (χ3v) is 2.85. The minimum Gasteiger partial charge on any atom is -0.485 e. The molecule has 1 heterocycles. The molecule has 1 saturated carbocycles. The average molecular weight is 249 g/mol. The van der Waals surface area contributed by atoms with E-state index in [1.807, 2.05) is 20.0 Å². The van der Waals surface area contributed by atoms with Gasteiger partial charge < -0.3 is 9.47 Å². The Morgan fingerprint density at radius 2 is 1.94 bits per heavy atom. The van der Waals surface area contributed by atoms with Crippen molar-refractivity contribution in [3.63, 3.8) is 0 Å². The zero-order valence-corrected chi connectivity index (χ0v) is 12.0. The number of pyridine rings is 1. The zero-order valence-electron chi connectivity index (χ0n) is 12.0. The first-order valence-electron chi connectivity index (χ1n) is 6.70. The summed E-state index contributed by atoms with van der Waals surface area (Å²) >= 11 is 0. The van der Waals surface area contributed by atoms with E-state index in [1.54, 1.807) is 0 Å². The molecule has 0 aromatic carbocycles. The van der Waals surface area contributed by atoms with E-state index in [4.69, 9.17) is 9.47 Å². The van der Waals surface area contributed by atoms with Crippen molar-refractivity contribution in [2.75, 3.05) is 0 Å². The second-order valence-electron chi connectivity index (χ2n) is 6.26. The van der Waals surface area contributed by atoms with Crippen molar-refractivity contribution in [2.45, 2.75) is 65.1 Å². The van der Waals surface area contributed by atoms with E-state index in [1.165, 1.54) is 5.56 Å². The third-order valence-electron chi connectivity index (χ3n) is 2.85. The van der Waals surface area contributed by atoms with Crippen LogP contribution >= 0.6 is 0 Å². The molecule has 1 aliphatic carbocycles. The number of hydrogen-bond donors (Lipinski definition) is 0. The standard InChI is InChI=1S/C15H23NO2/c1-10(2)17-14-13(18-12-6-7-12)8-11(9-16-14)15(3,4)5/h8-10,12H,6-7H2,1-5H3. The fourth-order valence-corrected chi connectivity index (χ4v) is 1.60. The number of nitrogens with zero attached hydrogens (tertiary/aromatic N) is 1. The van der Waals surface area contributed by atoms with Crippen molar-refractivity contribution in [3.05, 3.63) is 17.8 Å². The Labute approximate surface area is 110 Å². The second-order valence-corrected chi connectivity index (χ2v) is 6.26.